The van der Waals surface area contributed by atoms with E-state index in [4.69, 9.17) is 5.11 Å². The van der Waals surface area contributed by atoms with Crippen LogP contribution in [0, 0.1) is 0 Å². The van der Waals surface area contributed by atoms with Crippen LogP contribution < -0.4 is 10.9 Å². The van der Waals surface area contributed by atoms with E-state index < -0.39 is 11.9 Å². The fourth-order valence-electron chi connectivity index (χ4n) is 1.26. The molecule has 0 saturated heterocycles. The summed E-state index contributed by atoms with van der Waals surface area (Å²) in [4.78, 5) is 35.8. The average molecular weight is 264 g/mol. The van der Waals surface area contributed by atoms with E-state index in [0.29, 0.717) is 10.6 Å². The maximum Gasteiger partial charge on any atom is 0.345 e. The van der Waals surface area contributed by atoms with Gasteiger partial charge in [0.1, 0.15) is 4.88 Å². The van der Waals surface area contributed by atoms with E-state index in [9.17, 15) is 14.4 Å². The normalized spacial score (nSPS) is 10.0. The van der Waals surface area contributed by atoms with E-state index in [0.717, 1.165) is 11.3 Å². The van der Waals surface area contributed by atoms with E-state index >= 15 is 0 Å². The van der Waals surface area contributed by atoms with Crippen molar-refractivity contribution < 1.29 is 14.7 Å². The highest BCUT2D eigenvalue weighted by Crippen LogP contribution is 2.22. The van der Waals surface area contributed by atoms with Gasteiger partial charge in [-0.2, -0.15) is 0 Å². The van der Waals surface area contributed by atoms with Crippen LogP contribution in [0.2, 0.25) is 0 Å². The van der Waals surface area contributed by atoms with Crippen LogP contribution in [0.25, 0.3) is 0 Å². The number of hydrogen-bond donors (Lipinski definition) is 3. The lowest BCUT2D eigenvalue weighted by molar-refractivity contribution is 0.0702. The molecule has 0 atom stereocenters. The monoisotopic (exact) mass is 264 g/mol. The number of nitrogens with one attached hydrogen (secondary N) is 2. The van der Waals surface area contributed by atoms with Gasteiger partial charge in [-0.1, -0.05) is 0 Å². The van der Waals surface area contributed by atoms with E-state index in [1.165, 1.54) is 30.5 Å². The Labute approximate surface area is 105 Å². The number of thiophene rings is 1. The Bertz CT molecular complexity index is 639. The molecule has 6 nitrogen and oxygen atoms in total. The summed E-state index contributed by atoms with van der Waals surface area (Å²) in [5.41, 5.74) is -0.00397. The van der Waals surface area contributed by atoms with Gasteiger partial charge in [0.15, 0.2) is 0 Å². The van der Waals surface area contributed by atoms with Crippen LogP contribution in [0.1, 0.15) is 20.0 Å². The number of amides is 1. The molecule has 0 aliphatic rings. The number of carbonyl (C=O) groups excluding carboxylic acids is 1. The molecule has 0 saturated carbocycles. The highest BCUT2D eigenvalue weighted by Gasteiger charge is 2.10. The van der Waals surface area contributed by atoms with Gasteiger partial charge < -0.3 is 15.4 Å². The lowest BCUT2D eigenvalue weighted by Gasteiger charge is -2.01. The molecule has 0 aliphatic carbocycles. The van der Waals surface area contributed by atoms with Crippen LogP contribution in [-0.2, 0) is 0 Å². The Hall–Kier alpha value is -2.41. The molecule has 7 heteroatoms. The molecule has 3 N–H and O–H groups in total. The molecule has 0 bridgehead atoms. The van der Waals surface area contributed by atoms with Crippen molar-refractivity contribution in [3.05, 3.63) is 51.3 Å². The van der Waals surface area contributed by atoms with Crippen molar-refractivity contribution in [2.75, 3.05) is 5.32 Å². The van der Waals surface area contributed by atoms with Crippen molar-refractivity contribution in [3.63, 3.8) is 0 Å². The minimum Gasteiger partial charge on any atom is -0.477 e. The lowest BCUT2D eigenvalue weighted by atomic mass is 10.3. The maximum absolute atomic E-state index is 11.7. The van der Waals surface area contributed by atoms with Gasteiger partial charge in [0.2, 0.25) is 5.56 Å². The number of pyridine rings is 1. The topological polar surface area (TPSA) is 99.3 Å². The number of H-pyrrole nitrogens is 1. The predicted octanol–water partition coefficient (Wildman–Crippen LogP) is 1.39. The highest BCUT2D eigenvalue weighted by molar-refractivity contribution is 7.18. The van der Waals surface area contributed by atoms with E-state index in [1.807, 2.05) is 0 Å². The Morgan fingerprint density at radius 3 is 2.56 bits per heavy atom. The zero-order valence-corrected chi connectivity index (χ0v) is 9.78. The SMILES string of the molecule is O=C(Nc1ccc(C(=O)O)s1)c1ccc(=O)[nH]c1. The number of aromatic nitrogens is 1. The molecule has 18 heavy (non-hydrogen) atoms. The Morgan fingerprint density at radius 2 is 2.00 bits per heavy atom. The van der Waals surface area contributed by atoms with Crippen LogP contribution in [0.5, 0.6) is 0 Å². The van der Waals surface area contributed by atoms with Crippen molar-refractivity contribution in [1.29, 1.82) is 0 Å². The minimum absolute atomic E-state index is 0.145. The molecule has 0 spiro atoms. The summed E-state index contributed by atoms with van der Waals surface area (Å²) in [5.74, 6) is -1.45. The summed E-state index contributed by atoms with van der Waals surface area (Å²) >= 11 is 0.964. The Balaban J connectivity index is 2.13. The summed E-state index contributed by atoms with van der Waals surface area (Å²) in [6, 6.07) is 5.55. The fourth-order valence-corrected chi connectivity index (χ4v) is 2.00. The first-order chi connectivity index (χ1) is 8.56. The average Bonchev–Trinajstić information content (AvgIpc) is 2.78. The first-order valence-electron chi connectivity index (χ1n) is 4.89. The molecule has 1 amide bonds. The number of rotatable bonds is 3. The Morgan fingerprint density at radius 1 is 1.22 bits per heavy atom. The third kappa shape index (κ3) is 2.64. The van der Waals surface area contributed by atoms with Crippen LogP contribution in [0.15, 0.2) is 35.3 Å². The molecule has 0 aliphatic heterocycles. The molecule has 92 valence electrons. The minimum atomic E-state index is -1.04. The molecule has 2 heterocycles. The van der Waals surface area contributed by atoms with Gasteiger partial charge in [-0.25, -0.2) is 4.79 Å². The summed E-state index contributed by atoms with van der Waals surface area (Å²) in [6.07, 6.45) is 1.30. The number of carboxylic acid groups (broad SMARTS) is 1. The van der Waals surface area contributed by atoms with Gasteiger partial charge in [0.25, 0.3) is 5.91 Å². The third-order valence-corrected chi connectivity index (χ3v) is 3.09. The van der Waals surface area contributed by atoms with Crippen LogP contribution >= 0.6 is 11.3 Å². The molecular weight excluding hydrogens is 256 g/mol. The molecule has 0 unspecified atom stereocenters. The number of aromatic carboxylic acids is 1. The molecule has 0 aromatic carbocycles. The first kappa shape index (κ1) is 12.1. The lowest BCUT2D eigenvalue weighted by Crippen LogP contribution is -2.13. The zero-order valence-electron chi connectivity index (χ0n) is 8.97. The van der Waals surface area contributed by atoms with Crippen LogP contribution in [0.4, 0.5) is 5.00 Å². The zero-order chi connectivity index (χ0) is 13.1. The standard InChI is InChI=1S/C11H8N2O4S/c14-8-3-1-6(5-12-8)10(15)13-9-4-2-7(18-9)11(16)17/h1-5H,(H,12,14)(H,13,15)(H,16,17). The van der Waals surface area contributed by atoms with Gasteiger partial charge in [0.05, 0.1) is 10.6 Å². The number of hydrogen-bond acceptors (Lipinski definition) is 4. The molecule has 0 fully saturated rings. The number of carboxylic acids is 1. The maximum atomic E-state index is 11.7. The summed E-state index contributed by atoms with van der Waals surface area (Å²) in [7, 11) is 0. The quantitative estimate of drug-likeness (QED) is 0.779. The van der Waals surface area contributed by atoms with Gasteiger partial charge in [-0.05, 0) is 18.2 Å². The van der Waals surface area contributed by atoms with E-state index in [2.05, 4.69) is 10.3 Å². The predicted molar refractivity (Wildman–Crippen MR) is 66.3 cm³/mol. The molecule has 2 aromatic heterocycles. The first-order valence-corrected chi connectivity index (χ1v) is 5.71. The highest BCUT2D eigenvalue weighted by atomic mass is 32.1. The fraction of sp³-hybridized carbons (Fsp3) is 0. The number of anilines is 1. The van der Waals surface area contributed by atoms with Gasteiger partial charge in [-0.3, -0.25) is 9.59 Å². The second-order valence-corrected chi connectivity index (χ2v) is 4.45. The van der Waals surface area contributed by atoms with Gasteiger partial charge in [0, 0.05) is 12.3 Å². The number of carbonyl (C=O) groups is 2. The third-order valence-electron chi connectivity index (χ3n) is 2.10. The summed E-state index contributed by atoms with van der Waals surface area (Å²) < 4.78 is 0. The summed E-state index contributed by atoms with van der Waals surface area (Å²) in [5, 5.41) is 11.7. The van der Waals surface area contributed by atoms with Crippen molar-refractivity contribution >= 4 is 28.2 Å². The van der Waals surface area contributed by atoms with Crippen molar-refractivity contribution in [1.82, 2.24) is 4.98 Å². The summed E-state index contributed by atoms with van der Waals surface area (Å²) in [6.45, 7) is 0. The van der Waals surface area contributed by atoms with E-state index in [-0.39, 0.29) is 10.4 Å². The number of aromatic amines is 1. The van der Waals surface area contributed by atoms with Gasteiger partial charge >= 0.3 is 5.97 Å². The van der Waals surface area contributed by atoms with Gasteiger partial charge in [-0.15, -0.1) is 11.3 Å². The molecule has 2 rings (SSSR count). The van der Waals surface area contributed by atoms with Crippen molar-refractivity contribution in [3.8, 4) is 0 Å². The van der Waals surface area contributed by atoms with Crippen molar-refractivity contribution in [2.45, 2.75) is 0 Å². The second kappa shape index (κ2) is 4.84. The largest absolute Gasteiger partial charge is 0.477 e. The molecule has 2 aromatic rings. The van der Waals surface area contributed by atoms with Crippen molar-refractivity contribution in [2.24, 2.45) is 0 Å². The van der Waals surface area contributed by atoms with Crippen LogP contribution in [0.3, 0.4) is 0 Å². The van der Waals surface area contributed by atoms with E-state index in [1.54, 1.807) is 0 Å². The smallest absolute Gasteiger partial charge is 0.345 e. The Kier molecular flexibility index (Phi) is 3.24. The second-order valence-electron chi connectivity index (χ2n) is 3.36. The van der Waals surface area contributed by atoms with Crippen LogP contribution in [-0.4, -0.2) is 22.0 Å². The molecular formula is C11H8N2O4S. The molecule has 0 radical (unpaired) electrons.